The summed E-state index contributed by atoms with van der Waals surface area (Å²) >= 11 is 5.85. The van der Waals surface area contributed by atoms with Crippen molar-refractivity contribution in [2.45, 2.75) is 26.4 Å². The molecule has 2 aromatic rings. The largest absolute Gasteiger partial charge is 0.443 e. The van der Waals surface area contributed by atoms with Gasteiger partial charge in [-0.15, -0.1) is 0 Å². The first-order chi connectivity index (χ1) is 8.81. The summed E-state index contributed by atoms with van der Waals surface area (Å²) in [5, 5.41) is 10.0. The quantitative estimate of drug-likeness (QED) is 0.740. The molecular weight excluding hydrogens is 266 g/mol. The fourth-order valence-corrected chi connectivity index (χ4v) is 1.78. The Hall–Kier alpha value is -2.06. The zero-order valence-electron chi connectivity index (χ0n) is 10.8. The van der Waals surface area contributed by atoms with E-state index in [-0.39, 0.29) is 0 Å². The van der Waals surface area contributed by atoms with E-state index in [9.17, 15) is 4.79 Å². The second-order valence-corrected chi connectivity index (χ2v) is 5.47. The molecule has 0 aliphatic rings. The van der Waals surface area contributed by atoms with E-state index >= 15 is 0 Å². The van der Waals surface area contributed by atoms with Crippen LogP contribution in [0.2, 0.25) is 5.02 Å². The van der Waals surface area contributed by atoms with Crippen molar-refractivity contribution in [3.05, 3.63) is 29.0 Å². The molecule has 0 N–H and O–H groups in total. The van der Waals surface area contributed by atoms with Gasteiger partial charge >= 0.3 is 6.09 Å². The summed E-state index contributed by atoms with van der Waals surface area (Å²) in [6.07, 6.45) is 2.25. The first kappa shape index (κ1) is 13.4. The van der Waals surface area contributed by atoms with Crippen LogP contribution in [0.15, 0.2) is 18.5 Å². The molecule has 19 heavy (non-hydrogen) atoms. The lowest BCUT2D eigenvalue weighted by molar-refractivity contribution is 0.0543. The zero-order chi connectivity index (χ0) is 14.2. The number of halogens is 1. The third kappa shape index (κ3) is 2.69. The lowest BCUT2D eigenvalue weighted by Crippen LogP contribution is -2.26. The SMILES string of the molecule is CC(C)(C)OC(=O)n1cc(C#N)c2cc(Cl)cnc21. The van der Waals surface area contributed by atoms with Crippen molar-refractivity contribution in [2.24, 2.45) is 0 Å². The number of hydrogen-bond donors (Lipinski definition) is 0. The molecule has 0 amide bonds. The number of nitriles is 1. The van der Waals surface area contributed by atoms with Crippen molar-refractivity contribution in [3.8, 4) is 6.07 Å². The highest BCUT2D eigenvalue weighted by atomic mass is 35.5. The Morgan fingerprint density at radius 3 is 2.79 bits per heavy atom. The predicted octanol–water partition coefficient (Wildman–Crippen LogP) is 3.34. The molecule has 0 saturated heterocycles. The second-order valence-electron chi connectivity index (χ2n) is 5.03. The summed E-state index contributed by atoms with van der Waals surface area (Å²) in [4.78, 5) is 16.1. The molecule has 0 saturated carbocycles. The Labute approximate surface area is 115 Å². The van der Waals surface area contributed by atoms with Crippen LogP contribution in [0.25, 0.3) is 11.0 Å². The minimum Gasteiger partial charge on any atom is -0.443 e. The van der Waals surface area contributed by atoms with Crippen molar-refractivity contribution in [2.75, 3.05) is 0 Å². The van der Waals surface area contributed by atoms with E-state index in [1.54, 1.807) is 26.8 Å². The van der Waals surface area contributed by atoms with Crippen LogP contribution in [-0.2, 0) is 4.74 Å². The number of carbonyl (C=O) groups is 1. The Kier molecular flexibility index (Phi) is 3.21. The third-order valence-electron chi connectivity index (χ3n) is 2.32. The molecule has 0 aliphatic carbocycles. The normalized spacial score (nSPS) is 11.3. The Morgan fingerprint density at radius 2 is 2.21 bits per heavy atom. The number of ether oxygens (including phenoxy) is 1. The van der Waals surface area contributed by atoms with Gasteiger partial charge < -0.3 is 4.74 Å². The van der Waals surface area contributed by atoms with Gasteiger partial charge in [0, 0.05) is 17.8 Å². The Balaban J connectivity index is 2.56. The number of carbonyl (C=O) groups excluding carboxylic acids is 1. The van der Waals surface area contributed by atoms with Crippen LogP contribution in [0.5, 0.6) is 0 Å². The molecule has 0 spiro atoms. The average molecular weight is 278 g/mol. The fraction of sp³-hybridized carbons (Fsp3) is 0.308. The van der Waals surface area contributed by atoms with Gasteiger partial charge in [-0.2, -0.15) is 5.26 Å². The summed E-state index contributed by atoms with van der Waals surface area (Å²) < 4.78 is 6.48. The van der Waals surface area contributed by atoms with Crippen LogP contribution in [-0.4, -0.2) is 21.2 Å². The lowest BCUT2D eigenvalue weighted by atomic mass is 10.2. The molecule has 0 aromatic carbocycles. The molecule has 2 aromatic heterocycles. The van der Waals surface area contributed by atoms with E-state index < -0.39 is 11.7 Å². The standard InChI is InChI=1S/C13H12ClN3O2/c1-13(2,3)19-12(18)17-7-8(5-15)10-4-9(14)6-16-11(10)17/h4,6-7H,1-3H3. The highest BCUT2D eigenvalue weighted by Gasteiger charge is 2.21. The van der Waals surface area contributed by atoms with Crippen molar-refractivity contribution in [3.63, 3.8) is 0 Å². The molecular formula is C13H12ClN3O2. The number of fused-ring (bicyclic) bond motifs is 1. The minimum atomic E-state index is -0.618. The van der Waals surface area contributed by atoms with Gasteiger partial charge in [0.25, 0.3) is 0 Å². The van der Waals surface area contributed by atoms with Crippen molar-refractivity contribution in [1.82, 2.24) is 9.55 Å². The number of aromatic nitrogens is 2. The first-order valence-corrected chi connectivity index (χ1v) is 5.99. The fourth-order valence-electron chi connectivity index (χ4n) is 1.62. The maximum absolute atomic E-state index is 12.0. The number of nitrogens with zero attached hydrogens (tertiary/aromatic N) is 3. The summed E-state index contributed by atoms with van der Waals surface area (Å²) in [5.74, 6) is 0. The van der Waals surface area contributed by atoms with Gasteiger partial charge in [-0.25, -0.2) is 14.3 Å². The van der Waals surface area contributed by atoms with Crippen molar-refractivity contribution >= 4 is 28.7 Å². The highest BCUT2D eigenvalue weighted by molar-refractivity contribution is 6.31. The number of pyridine rings is 1. The molecule has 0 radical (unpaired) electrons. The molecule has 0 atom stereocenters. The topological polar surface area (TPSA) is 67.9 Å². The predicted molar refractivity (Wildman–Crippen MR) is 71.1 cm³/mol. The van der Waals surface area contributed by atoms with E-state index in [2.05, 4.69) is 4.98 Å². The molecule has 0 unspecified atom stereocenters. The van der Waals surface area contributed by atoms with Gasteiger partial charge in [0.1, 0.15) is 11.7 Å². The van der Waals surface area contributed by atoms with Gasteiger partial charge in [-0.05, 0) is 26.8 Å². The molecule has 0 aliphatic heterocycles. The van der Waals surface area contributed by atoms with Crippen LogP contribution in [0.4, 0.5) is 4.79 Å². The van der Waals surface area contributed by atoms with Crippen LogP contribution in [0.1, 0.15) is 26.3 Å². The van der Waals surface area contributed by atoms with Gasteiger partial charge in [0.15, 0.2) is 5.65 Å². The van der Waals surface area contributed by atoms with Crippen molar-refractivity contribution < 1.29 is 9.53 Å². The van der Waals surface area contributed by atoms with E-state index in [0.717, 1.165) is 0 Å². The van der Waals surface area contributed by atoms with E-state index in [4.69, 9.17) is 21.6 Å². The smallest absolute Gasteiger partial charge is 0.420 e. The van der Waals surface area contributed by atoms with Crippen LogP contribution < -0.4 is 0 Å². The highest BCUT2D eigenvalue weighted by Crippen LogP contribution is 2.23. The summed E-state index contributed by atoms with van der Waals surface area (Å²) in [7, 11) is 0. The van der Waals surface area contributed by atoms with E-state index in [0.29, 0.717) is 21.6 Å². The van der Waals surface area contributed by atoms with Crippen LogP contribution in [0, 0.1) is 11.3 Å². The van der Waals surface area contributed by atoms with E-state index in [1.165, 1.54) is 17.0 Å². The van der Waals surface area contributed by atoms with Crippen LogP contribution in [0.3, 0.4) is 0 Å². The number of hydrogen-bond acceptors (Lipinski definition) is 4. The monoisotopic (exact) mass is 277 g/mol. The lowest BCUT2D eigenvalue weighted by Gasteiger charge is -2.19. The number of rotatable bonds is 0. The molecule has 98 valence electrons. The maximum Gasteiger partial charge on any atom is 0.420 e. The van der Waals surface area contributed by atoms with Gasteiger partial charge in [0.05, 0.1) is 10.6 Å². The van der Waals surface area contributed by atoms with Crippen LogP contribution >= 0.6 is 11.6 Å². The first-order valence-electron chi connectivity index (χ1n) is 5.62. The Bertz CT molecular complexity index is 692. The second kappa shape index (κ2) is 4.56. The molecule has 0 bridgehead atoms. The van der Waals surface area contributed by atoms with Gasteiger partial charge in [0.2, 0.25) is 0 Å². The molecule has 0 fully saturated rings. The third-order valence-corrected chi connectivity index (χ3v) is 2.53. The summed E-state index contributed by atoms with van der Waals surface area (Å²) in [5.41, 5.74) is 0.0680. The zero-order valence-corrected chi connectivity index (χ0v) is 11.5. The molecule has 2 rings (SSSR count). The van der Waals surface area contributed by atoms with Gasteiger partial charge in [-0.3, -0.25) is 0 Å². The summed E-state index contributed by atoms with van der Waals surface area (Å²) in [6, 6.07) is 3.61. The average Bonchev–Trinajstić information content (AvgIpc) is 2.64. The molecule has 6 heteroatoms. The summed E-state index contributed by atoms with van der Waals surface area (Å²) in [6.45, 7) is 5.31. The molecule has 5 nitrogen and oxygen atoms in total. The minimum absolute atomic E-state index is 0.329. The maximum atomic E-state index is 12.0. The van der Waals surface area contributed by atoms with E-state index in [1.807, 2.05) is 6.07 Å². The van der Waals surface area contributed by atoms with Crippen molar-refractivity contribution in [1.29, 1.82) is 5.26 Å². The van der Waals surface area contributed by atoms with Gasteiger partial charge in [-0.1, -0.05) is 11.6 Å². The molecule has 2 heterocycles. The Morgan fingerprint density at radius 1 is 1.53 bits per heavy atom.